The number of oxime groups is 1. The van der Waals surface area contributed by atoms with Crippen molar-refractivity contribution in [3.05, 3.63) is 59.2 Å². The molecule has 8 N–H and O–H groups in total. The first kappa shape index (κ1) is 40.2. The van der Waals surface area contributed by atoms with Crippen LogP contribution >= 0.6 is 0 Å². The quantitative estimate of drug-likeness (QED) is 0.0713. The predicted octanol–water partition coefficient (Wildman–Crippen LogP) is 3.23. The number of carbonyl (C=O) groups is 6. The van der Waals surface area contributed by atoms with Gasteiger partial charge in [0.1, 0.15) is 5.75 Å². The zero-order chi connectivity index (χ0) is 38.8. The summed E-state index contributed by atoms with van der Waals surface area (Å²) in [6.45, 7) is 0.775. The molecule has 2 aliphatic rings. The Morgan fingerprint density at radius 3 is 2.02 bits per heavy atom. The van der Waals surface area contributed by atoms with Gasteiger partial charge in [-0.05, 0) is 60.7 Å². The Kier molecular flexibility index (Phi) is 13.3. The average Bonchev–Trinajstić information content (AvgIpc) is 3.45. The molecule has 2 heterocycles. The van der Waals surface area contributed by atoms with E-state index >= 15 is 0 Å². The molecule has 2 aromatic rings. The molecule has 1 fully saturated rings. The molecular weight excluding hydrogens is 703 g/mol. The third-order valence-electron chi connectivity index (χ3n) is 7.81. The largest absolute Gasteiger partial charge is 0.490 e. The van der Waals surface area contributed by atoms with Gasteiger partial charge >= 0.3 is 36.0 Å². The summed E-state index contributed by atoms with van der Waals surface area (Å²) in [5, 5.41) is 49.0. The topological polar surface area (TPSA) is 279 Å². The Morgan fingerprint density at radius 2 is 1.52 bits per heavy atom. The van der Waals surface area contributed by atoms with Gasteiger partial charge in [0.25, 0.3) is 0 Å². The monoisotopic (exact) mass is 737 g/mol. The molecule has 0 radical (unpaired) electrons. The number of rotatable bonds is 12. The van der Waals surface area contributed by atoms with Gasteiger partial charge in [-0.2, -0.15) is 13.2 Å². The van der Waals surface area contributed by atoms with E-state index < -0.39 is 54.5 Å². The van der Waals surface area contributed by atoms with E-state index in [9.17, 15) is 47.4 Å². The molecule has 280 valence electrons. The van der Waals surface area contributed by atoms with Crippen molar-refractivity contribution in [3.63, 3.8) is 0 Å². The normalized spacial score (nSPS) is 15.2. The zero-order valence-corrected chi connectivity index (χ0v) is 27.1. The van der Waals surface area contributed by atoms with Crippen LogP contribution in [0.4, 0.5) is 18.9 Å². The number of nitrogens with two attached hydrogens (primary N) is 1. The maximum atomic E-state index is 12.9. The number of halogens is 3. The van der Waals surface area contributed by atoms with E-state index in [4.69, 9.17) is 35.7 Å². The molecule has 0 aliphatic carbocycles. The fourth-order valence-corrected chi connectivity index (χ4v) is 5.50. The number of carboxylic acid groups (broad SMARTS) is 4. The van der Waals surface area contributed by atoms with Crippen molar-refractivity contribution in [1.29, 1.82) is 5.41 Å². The Morgan fingerprint density at radius 1 is 0.942 bits per heavy atom. The van der Waals surface area contributed by atoms with E-state index in [1.165, 1.54) is 12.1 Å². The molecule has 0 bridgehead atoms. The van der Waals surface area contributed by atoms with Crippen molar-refractivity contribution in [2.75, 3.05) is 18.4 Å². The van der Waals surface area contributed by atoms with Crippen LogP contribution in [0.2, 0.25) is 0 Å². The highest BCUT2D eigenvalue weighted by Crippen LogP contribution is 2.39. The molecule has 0 atom stereocenters. The van der Waals surface area contributed by atoms with Crippen molar-refractivity contribution >= 4 is 53.1 Å². The number of alkyl halides is 3. The van der Waals surface area contributed by atoms with Crippen LogP contribution in [-0.4, -0.2) is 97.6 Å². The number of benzene rings is 2. The second kappa shape index (κ2) is 17.1. The lowest BCUT2D eigenvalue weighted by molar-refractivity contribution is -0.192. The lowest BCUT2D eigenvalue weighted by Crippen LogP contribution is -2.38. The maximum absolute atomic E-state index is 12.9. The summed E-state index contributed by atoms with van der Waals surface area (Å²) >= 11 is 0. The Hall–Kier alpha value is -6.21. The number of anilines is 1. The van der Waals surface area contributed by atoms with E-state index in [2.05, 4.69) is 10.5 Å². The summed E-state index contributed by atoms with van der Waals surface area (Å²) in [7, 11) is 0. The molecule has 2 aromatic carbocycles. The van der Waals surface area contributed by atoms with Crippen molar-refractivity contribution in [3.8, 4) is 5.75 Å². The first-order valence-corrected chi connectivity index (χ1v) is 15.3. The second-order valence-electron chi connectivity index (χ2n) is 11.7. The van der Waals surface area contributed by atoms with Crippen LogP contribution in [-0.2, 0) is 28.8 Å². The highest BCUT2D eigenvalue weighted by atomic mass is 19.4. The number of piperidine rings is 1. The fourth-order valence-electron chi connectivity index (χ4n) is 5.50. The highest BCUT2D eigenvalue weighted by molar-refractivity contribution is 6.04. The lowest BCUT2D eigenvalue weighted by Gasteiger charge is -2.33. The van der Waals surface area contributed by atoms with Gasteiger partial charge in [0.05, 0.1) is 30.5 Å². The van der Waals surface area contributed by atoms with Crippen LogP contribution in [0.3, 0.4) is 0 Å². The van der Waals surface area contributed by atoms with Crippen molar-refractivity contribution in [2.45, 2.75) is 62.6 Å². The van der Waals surface area contributed by atoms with Gasteiger partial charge in [0.2, 0.25) is 5.91 Å². The van der Waals surface area contributed by atoms with Crippen LogP contribution in [0, 0.1) is 5.41 Å². The number of aliphatic carboxylic acids is 4. The van der Waals surface area contributed by atoms with Gasteiger partial charge in [-0.1, -0.05) is 11.2 Å². The van der Waals surface area contributed by atoms with Gasteiger partial charge in [-0.25, -0.2) is 9.59 Å². The highest BCUT2D eigenvalue weighted by Gasteiger charge is 2.44. The minimum absolute atomic E-state index is 0.0914. The Labute approximate surface area is 292 Å². The van der Waals surface area contributed by atoms with Gasteiger partial charge in [0, 0.05) is 37.2 Å². The molecule has 0 unspecified atom stereocenters. The number of esters is 1. The van der Waals surface area contributed by atoms with Crippen LogP contribution in [0.5, 0.6) is 5.75 Å². The number of guanidine groups is 1. The van der Waals surface area contributed by atoms with Crippen molar-refractivity contribution in [2.24, 2.45) is 10.9 Å². The molecule has 0 saturated carbocycles. The summed E-state index contributed by atoms with van der Waals surface area (Å²) in [4.78, 5) is 75.4. The zero-order valence-electron chi connectivity index (χ0n) is 27.1. The second-order valence-corrected chi connectivity index (χ2v) is 11.7. The molecule has 2 aliphatic heterocycles. The van der Waals surface area contributed by atoms with Gasteiger partial charge < -0.3 is 46.0 Å². The number of hydrogen-bond acceptors (Lipinski definition) is 10. The Bertz CT molecular complexity index is 1720. The summed E-state index contributed by atoms with van der Waals surface area (Å²) < 4.78 is 37.4. The number of nitrogens with one attached hydrogen (secondary N) is 2. The minimum Gasteiger partial charge on any atom is -0.481 e. The molecule has 52 heavy (non-hydrogen) atoms. The first-order valence-electron chi connectivity index (χ1n) is 15.3. The summed E-state index contributed by atoms with van der Waals surface area (Å²) in [6.07, 6.45) is -5.66. The third-order valence-corrected chi connectivity index (χ3v) is 7.81. The van der Waals surface area contributed by atoms with Crippen molar-refractivity contribution in [1.82, 2.24) is 4.90 Å². The Balaban J connectivity index is 0.000000944. The molecule has 0 spiro atoms. The standard InChI is InChI=1S/C30H33N5O10.C2HF3O2/c31-29(32)33-19-3-1-18(2-4-19)28(43)44-20-5-6-21(17-9-11-35(12-10-17)24(36)7-8-25(37)38)22(13-20)23-14-30(45-34-23,15-26(39)40)16-27(41)42;3-2(4,5)1(6)7/h1-6,13,17H,7-12,14-16H2,(H,37,38)(H,39,40)(H,41,42)(H4,31,32,33);(H,6,7). The maximum Gasteiger partial charge on any atom is 0.490 e. The van der Waals surface area contributed by atoms with E-state index in [0.717, 1.165) is 5.56 Å². The number of carboxylic acids is 4. The van der Waals surface area contributed by atoms with Crippen molar-refractivity contribution < 1.29 is 71.9 Å². The number of carbonyl (C=O) groups excluding carboxylic acids is 2. The molecule has 1 amide bonds. The van der Waals surface area contributed by atoms with Gasteiger partial charge in [-0.15, -0.1) is 0 Å². The average molecular weight is 738 g/mol. The van der Waals surface area contributed by atoms with E-state index in [1.54, 1.807) is 35.2 Å². The summed E-state index contributed by atoms with van der Waals surface area (Å²) in [6, 6.07) is 11.0. The molecule has 20 heteroatoms. The number of likely N-dealkylation sites (tertiary alicyclic amines) is 1. The summed E-state index contributed by atoms with van der Waals surface area (Å²) in [5.74, 6) is -7.42. The molecule has 4 rings (SSSR count). The summed E-state index contributed by atoms with van der Waals surface area (Å²) in [5.41, 5.74) is 6.02. The molecule has 1 saturated heterocycles. The molecular formula is C32H34F3N5O12. The fraction of sp³-hybridized carbons (Fsp3) is 0.375. The van der Waals surface area contributed by atoms with E-state index in [1.807, 2.05) is 0 Å². The van der Waals surface area contributed by atoms with Crippen LogP contribution in [0.25, 0.3) is 0 Å². The molecule has 0 aromatic heterocycles. The van der Waals surface area contributed by atoms with Gasteiger partial charge in [0.15, 0.2) is 11.6 Å². The van der Waals surface area contributed by atoms with Crippen LogP contribution in [0.1, 0.15) is 72.3 Å². The number of ether oxygens (including phenoxy) is 1. The molecule has 17 nitrogen and oxygen atoms in total. The van der Waals surface area contributed by atoms with E-state index in [-0.39, 0.29) is 48.4 Å². The SMILES string of the molecule is N=C(N)Nc1ccc(C(=O)Oc2ccc(C3CCN(C(=O)CCC(=O)O)CC3)c(C3=NOC(CC(=O)O)(CC(=O)O)C3)c2)cc1.O=C(O)C(F)(F)F. The van der Waals surface area contributed by atoms with E-state index in [0.29, 0.717) is 42.9 Å². The smallest absolute Gasteiger partial charge is 0.481 e. The van der Waals surface area contributed by atoms with Crippen LogP contribution < -0.4 is 15.8 Å². The van der Waals surface area contributed by atoms with Crippen LogP contribution in [0.15, 0.2) is 47.6 Å². The minimum atomic E-state index is -5.08. The number of amides is 1. The lowest BCUT2D eigenvalue weighted by atomic mass is 9.82. The third kappa shape index (κ3) is 11.7. The van der Waals surface area contributed by atoms with Gasteiger partial charge in [-0.3, -0.25) is 24.6 Å². The number of hydrogen-bond donors (Lipinski definition) is 7. The first-order chi connectivity index (χ1) is 24.3. The predicted molar refractivity (Wildman–Crippen MR) is 172 cm³/mol. The number of nitrogens with zero attached hydrogens (tertiary/aromatic N) is 2.